The zero-order valence-corrected chi connectivity index (χ0v) is 5.68. The van der Waals surface area contributed by atoms with Crippen molar-refractivity contribution in [2.24, 2.45) is 0 Å². The van der Waals surface area contributed by atoms with E-state index in [1.807, 2.05) is 4.90 Å². The third-order valence-electron chi connectivity index (χ3n) is 1.44. The molecule has 52 valence electrons. The Morgan fingerprint density at radius 3 is 3.00 bits per heavy atom. The number of amides is 2. The zero-order chi connectivity index (χ0) is 6.69. The molecular weight excluding hydrogens is 116 g/mol. The largest absolute Gasteiger partial charge is 0.336 e. The summed E-state index contributed by atoms with van der Waals surface area (Å²) in [4.78, 5) is 12.6. The van der Waals surface area contributed by atoms with Crippen molar-refractivity contribution in [1.82, 2.24) is 10.2 Å². The van der Waals surface area contributed by atoms with Crippen molar-refractivity contribution in [1.29, 1.82) is 0 Å². The molecule has 0 bridgehead atoms. The van der Waals surface area contributed by atoms with Gasteiger partial charge in [-0.2, -0.15) is 0 Å². The van der Waals surface area contributed by atoms with Crippen LogP contribution in [0.4, 0.5) is 4.79 Å². The second-order valence-electron chi connectivity index (χ2n) is 2.22. The van der Waals surface area contributed by atoms with Gasteiger partial charge in [-0.15, -0.1) is 0 Å². The van der Waals surface area contributed by atoms with Crippen LogP contribution in [0.2, 0.25) is 0 Å². The standard InChI is InChI=1S/C6H12N2O/c1-2-4-8-5-3-7-6(8)9/h2-5H2,1H3,(H,7,9). The Labute approximate surface area is 55.0 Å². The molecule has 0 aromatic rings. The van der Waals surface area contributed by atoms with Crippen molar-refractivity contribution in [2.75, 3.05) is 19.6 Å². The summed E-state index contributed by atoms with van der Waals surface area (Å²) in [6, 6.07) is 0.0943. The minimum Gasteiger partial charge on any atom is -0.336 e. The molecule has 0 radical (unpaired) electrons. The Morgan fingerprint density at radius 2 is 2.56 bits per heavy atom. The van der Waals surface area contributed by atoms with E-state index in [1.165, 1.54) is 0 Å². The lowest BCUT2D eigenvalue weighted by molar-refractivity contribution is 0.217. The average molecular weight is 128 g/mol. The van der Waals surface area contributed by atoms with Crippen LogP contribution in [0.1, 0.15) is 13.3 Å². The first-order chi connectivity index (χ1) is 4.34. The lowest BCUT2D eigenvalue weighted by atomic mass is 10.4. The van der Waals surface area contributed by atoms with Gasteiger partial charge in [0.05, 0.1) is 0 Å². The summed E-state index contributed by atoms with van der Waals surface area (Å²) in [5.41, 5.74) is 0. The molecule has 0 unspecified atom stereocenters. The van der Waals surface area contributed by atoms with Gasteiger partial charge in [0.15, 0.2) is 0 Å². The number of rotatable bonds is 2. The fourth-order valence-electron chi connectivity index (χ4n) is 0.994. The van der Waals surface area contributed by atoms with Gasteiger partial charge in [0.25, 0.3) is 0 Å². The first-order valence-corrected chi connectivity index (χ1v) is 3.37. The topological polar surface area (TPSA) is 32.3 Å². The number of hydrogen-bond donors (Lipinski definition) is 1. The van der Waals surface area contributed by atoms with Crippen molar-refractivity contribution >= 4 is 6.03 Å². The Hall–Kier alpha value is -0.730. The van der Waals surface area contributed by atoms with E-state index in [4.69, 9.17) is 0 Å². The molecule has 1 heterocycles. The fraction of sp³-hybridized carbons (Fsp3) is 0.833. The molecule has 3 heteroatoms. The smallest absolute Gasteiger partial charge is 0.317 e. The first-order valence-electron chi connectivity index (χ1n) is 3.37. The zero-order valence-electron chi connectivity index (χ0n) is 5.68. The molecule has 1 rings (SSSR count). The third kappa shape index (κ3) is 1.34. The maximum atomic E-state index is 10.8. The average Bonchev–Trinajstić information content (AvgIpc) is 2.18. The third-order valence-corrected chi connectivity index (χ3v) is 1.44. The van der Waals surface area contributed by atoms with Gasteiger partial charge in [0, 0.05) is 19.6 Å². The molecular formula is C6H12N2O. The lowest BCUT2D eigenvalue weighted by Crippen LogP contribution is -2.28. The second-order valence-corrected chi connectivity index (χ2v) is 2.22. The van der Waals surface area contributed by atoms with Crippen LogP contribution < -0.4 is 5.32 Å². The van der Waals surface area contributed by atoms with Gasteiger partial charge in [-0.3, -0.25) is 0 Å². The monoisotopic (exact) mass is 128 g/mol. The van der Waals surface area contributed by atoms with Crippen molar-refractivity contribution in [2.45, 2.75) is 13.3 Å². The summed E-state index contributed by atoms with van der Waals surface area (Å²) in [6.45, 7) is 4.67. The van der Waals surface area contributed by atoms with E-state index in [2.05, 4.69) is 12.2 Å². The minimum atomic E-state index is 0.0943. The van der Waals surface area contributed by atoms with Crippen LogP contribution in [-0.4, -0.2) is 30.6 Å². The van der Waals surface area contributed by atoms with Crippen molar-refractivity contribution in [3.05, 3.63) is 0 Å². The maximum absolute atomic E-state index is 10.8. The van der Waals surface area contributed by atoms with Crippen LogP contribution in [0.15, 0.2) is 0 Å². The second kappa shape index (κ2) is 2.71. The summed E-state index contributed by atoms with van der Waals surface area (Å²) >= 11 is 0. The molecule has 0 aliphatic carbocycles. The van der Waals surface area contributed by atoms with E-state index in [0.29, 0.717) is 0 Å². The van der Waals surface area contributed by atoms with Gasteiger partial charge in [-0.1, -0.05) is 6.92 Å². The molecule has 0 saturated carbocycles. The van der Waals surface area contributed by atoms with Gasteiger partial charge in [0.2, 0.25) is 0 Å². The molecule has 1 fully saturated rings. The number of hydrogen-bond acceptors (Lipinski definition) is 1. The highest BCUT2D eigenvalue weighted by molar-refractivity contribution is 5.76. The molecule has 1 N–H and O–H groups in total. The number of nitrogens with one attached hydrogen (secondary N) is 1. The summed E-state index contributed by atoms with van der Waals surface area (Å²) in [5, 5.41) is 2.74. The van der Waals surface area contributed by atoms with Crippen molar-refractivity contribution < 1.29 is 4.79 Å². The maximum Gasteiger partial charge on any atom is 0.317 e. The molecule has 0 aromatic heterocycles. The van der Waals surface area contributed by atoms with Gasteiger partial charge < -0.3 is 10.2 Å². The predicted molar refractivity (Wildman–Crippen MR) is 35.3 cm³/mol. The van der Waals surface area contributed by atoms with E-state index in [1.54, 1.807) is 0 Å². The van der Waals surface area contributed by atoms with Gasteiger partial charge in [-0.05, 0) is 6.42 Å². The summed E-state index contributed by atoms with van der Waals surface area (Å²) in [5.74, 6) is 0. The highest BCUT2D eigenvalue weighted by Gasteiger charge is 2.16. The number of urea groups is 1. The lowest BCUT2D eigenvalue weighted by Gasteiger charge is -2.10. The summed E-state index contributed by atoms with van der Waals surface area (Å²) in [6.07, 6.45) is 1.05. The Bertz CT molecular complexity index is 114. The first kappa shape index (κ1) is 6.39. The number of carbonyl (C=O) groups is 1. The molecule has 2 amide bonds. The number of carbonyl (C=O) groups excluding carboxylic acids is 1. The Morgan fingerprint density at radius 1 is 1.78 bits per heavy atom. The Balaban J connectivity index is 2.31. The molecule has 0 atom stereocenters. The molecule has 1 aliphatic rings. The van der Waals surface area contributed by atoms with Crippen LogP contribution in [0.3, 0.4) is 0 Å². The van der Waals surface area contributed by atoms with Crippen molar-refractivity contribution in [3.63, 3.8) is 0 Å². The van der Waals surface area contributed by atoms with Crippen LogP contribution >= 0.6 is 0 Å². The highest BCUT2D eigenvalue weighted by Crippen LogP contribution is 1.96. The van der Waals surface area contributed by atoms with E-state index in [-0.39, 0.29) is 6.03 Å². The summed E-state index contributed by atoms with van der Waals surface area (Å²) < 4.78 is 0. The fourth-order valence-corrected chi connectivity index (χ4v) is 0.994. The molecule has 0 aromatic carbocycles. The molecule has 1 aliphatic heterocycles. The quantitative estimate of drug-likeness (QED) is 0.574. The van der Waals surface area contributed by atoms with Gasteiger partial charge in [0.1, 0.15) is 0 Å². The molecule has 9 heavy (non-hydrogen) atoms. The predicted octanol–water partition coefficient (Wildman–Crippen LogP) is 0.422. The van der Waals surface area contributed by atoms with E-state index in [9.17, 15) is 4.79 Å². The van der Waals surface area contributed by atoms with Crippen LogP contribution in [0.25, 0.3) is 0 Å². The molecule has 0 spiro atoms. The van der Waals surface area contributed by atoms with Gasteiger partial charge in [-0.25, -0.2) is 4.79 Å². The SMILES string of the molecule is CCCN1CCNC1=O. The Kier molecular flexibility index (Phi) is 1.92. The molecule has 3 nitrogen and oxygen atoms in total. The van der Waals surface area contributed by atoms with E-state index < -0.39 is 0 Å². The summed E-state index contributed by atoms with van der Waals surface area (Å²) in [7, 11) is 0. The molecule has 1 saturated heterocycles. The van der Waals surface area contributed by atoms with Crippen LogP contribution in [-0.2, 0) is 0 Å². The number of nitrogens with zero attached hydrogens (tertiary/aromatic N) is 1. The van der Waals surface area contributed by atoms with Gasteiger partial charge >= 0.3 is 6.03 Å². The van der Waals surface area contributed by atoms with E-state index in [0.717, 1.165) is 26.1 Å². The highest BCUT2D eigenvalue weighted by atomic mass is 16.2. The van der Waals surface area contributed by atoms with Crippen molar-refractivity contribution in [3.8, 4) is 0 Å². The normalized spacial score (nSPS) is 18.3. The minimum absolute atomic E-state index is 0.0943. The van der Waals surface area contributed by atoms with Crippen LogP contribution in [0.5, 0.6) is 0 Å². The van der Waals surface area contributed by atoms with E-state index >= 15 is 0 Å². The van der Waals surface area contributed by atoms with Crippen LogP contribution in [0, 0.1) is 0 Å².